The predicted octanol–water partition coefficient (Wildman–Crippen LogP) is 5.56. The van der Waals surface area contributed by atoms with Crippen LogP contribution in [0.3, 0.4) is 0 Å². The summed E-state index contributed by atoms with van der Waals surface area (Å²) in [6.45, 7) is 6.16. The van der Waals surface area contributed by atoms with E-state index in [1.165, 1.54) is 18.4 Å². The Morgan fingerprint density at radius 3 is 2.50 bits per heavy atom. The molecule has 1 aliphatic heterocycles. The Hall–Kier alpha value is -4.32. The van der Waals surface area contributed by atoms with Crippen molar-refractivity contribution in [3.63, 3.8) is 0 Å². The van der Waals surface area contributed by atoms with Crippen molar-refractivity contribution in [2.75, 3.05) is 6.61 Å². The Morgan fingerprint density at radius 1 is 1.06 bits per heavy atom. The van der Waals surface area contributed by atoms with E-state index < -0.39 is 0 Å². The quantitative estimate of drug-likeness (QED) is 0.241. The van der Waals surface area contributed by atoms with Crippen LogP contribution in [0.1, 0.15) is 30.4 Å². The van der Waals surface area contributed by atoms with Gasteiger partial charge >= 0.3 is 5.97 Å². The number of benzene rings is 3. The minimum atomic E-state index is -0.345. The molecule has 1 aromatic heterocycles. The lowest BCUT2D eigenvalue weighted by Crippen LogP contribution is -2.22. The van der Waals surface area contributed by atoms with Crippen molar-refractivity contribution in [1.82, 2.24) is 0 Å². The van der Waals surface area contributed by atoms with Crippen LogP contribution in [-0.2, 0) is 4.79 Å². The van der Waals surface area contributed by atoms with Gasteiger partial charge in [0.05, 0.1) is 17.4 Å². The second-order valence-electron chi connectivity index (χ2n) is 8.43. The van der Waals surface area contributed by atoms with Gasteiger partial charge in [0.1, 0.15) is 35.7 Å². The van der Waals surface area contributed by atoms with Gasteiger partial charge in [-0.2, -0.15) is 0 Å². The number of fused-ring (bicyclic) bond motifs is 3. The van der Waals surface area contributed by atoms with Crippen molar-refractivity contribution in [3.8, 4) is 28.4 Å². The summed E-state index contributed by atoms with van der Waals surface area (Å²) in [5.74, 6) is 0.522. The van der Waals surface area contributed by atoms with Crippen LogP contribution in [-0.4, -0.2) is 17.7 Å². The summed E-state index contributed by atoms with van der Waals surface area (Å²) in [6, 6.07) is 17.1. The molecule has 6 nitrogen and oxygen atoms in total. The van der Waals surface area contributed by atoms with E-state index in [0.29, 0.717) is 45.8 Å². The maximum absolute atomic E-state index is 13.3. The van der Waals surface area contributed by atoms with Crippen molar-refractivity contribution >= 4 is 16.9 Å². The third-order valence-corrected chi connectivity index (χ3v) is 5.83. The second kappa shape index (κ2) is 8.56. The zero-order chi connectivity index (χ0) is 23.8. The monoisotopic (exact) mass is 454 g/mol. The predicted molar refractivity (Wildman–Crippen MR) is 128 cm³/mol. The maximum Gasteiger partial charge on any atom is 0.312 e. The second-order valence-corrected chi connectivity index (χ2v) is 8.43. The lowest BCUT2D eigenvalue weighted by molar-refractivity contribution is -0.135. The van der Waals surface area contributed by atoms with Crippen molar-refractivity contribution in [3.05, 3.63) is 100 Å². The number of carbonyl (C=O) groups excluding carboxylic acids is 1. The molecule has 4 aromatic rings. The first-order valence-electron chi connectivity index (χ1n) is 10.9. The van der Waals surface area contributed by atoms with Gasteiger partial charge in [-0.05, 0) is 60.0 Å². The molecule has 5 rings (SSSR count). The van der Waals surface area contributed by atoms with Crippen LogP contribution in [0, 0.1) is 0 Å². The number of esters is 1. The zero-order valence-corrected chi connectivity index (χ0v) is 18.5. The highest BCUT2D eigenvalue weighted by Crippen LogP contribution is 2.43. The smallest absolute Gasteiger partial charge is 0.312 e. The number of phenolic OH excluding ortho intramolecular Hbond substituents is 1. The molecule has 0 amide bonds. The van der Waals surface area contributed by atoms with E-state index in [4.69, 9.17) is 13.9 Å². The van der Waals surface area contributed by atoms with Gasteiger partial charge in [0.25, 0.3) is 0 Å². The van der Waals surface area contributed by atoms with Crippen LogP contribution in [0.5, 0.6) is 17.2 Å². The van der Waals surface area contributed by atoms with Gasteiger partial charge in [-0.15, -0.1) is 0 Å². The summed E-state index contributed by atoms with van der Waals surface area (Å²) in [4.78, 5) is 25.7. The summed E-state index contributed by atoms with van der Waals surface area (Å²) in [5, 5.41) is 9.95. The summed E-state index contributed by atoms with van der Waals surface area (Å²) >= 11 is 0. The molecular weight excluding hydrogens is 432 g/mol. The molecule has 6 heteroatoms. The molecular formula is C28H22O6. The molecule has 0 radical (unpaired) electrons. The molecule has 0 fully saturated rings. The Kier molecular flexibility index (Phi) is 5.42. The maximum atomic E-state index is 13.3. The molecule has 2 heterocycles. The molecule has 0 unspecified atom stereocenters. The van der Waals surface area contributed by atoms with E-state index in [0.717, 1.165) is 11.1 Å². The van der Waals surface area contributed by atoms with Gasteiger partial charge in [0, 0.05) is 11.5 Å². The summed E-state index contributed by atoms with van der Waals surface area (Å²) in [6.07, 6.45) is 1.54. The molecule has 1 aliphatic rings. The highest BCUT2D eigenvalue weighted by molar-refractivity contribution is 5.90. The summed E-state index contributed by atoms with van der Waals surface area (Å²) in [7, 11) is 0. The fraction of sp³-hybridized carbons (Fsp3) is 0.143. The fourth-order valence-corrected chi connectivity index (χ4v) is 4.18. The molecule has 0 aliphatic carbocycles. The molecule has 1 atom stereocenters. The number of ether oxygens (including phenoxy) is 2. The van der Waals surface area contributed by atoms with Crippen molar-refractivity contribution in [2.24, 2.45) is 0 Å². The third-order valence-electron chi connectivity index (χ3n) is 5.83. The number of carbonyl (C=O) groups is 1. The number of hydrogen-bond acceptors (Lipinski definition) is 6. The van der Waals surface area contributed by atoms with Gasteiger partial charge in [0.15, 0.2) is 0 Å². The SMILES string of the molecule is C=C(C)COc1ccc([C@H]2CC(=O)Oc3ccc4c(=O)c(-c5ccc(O)cc5)coc4c32)cc1. The first-order chi connectivity index (χ1) is 16.4. The van der Waals surface area contributed by atoms with Crippen molar-refractivity contribution < 1.29 is 23.8 Å². The Bertz CT molecular complexity index is 1460. The number of rotatable bonds is 5. The van der Waals surface area contributed by atoms with Gasteiger partial charge < -0.3 is 19.0 Å². The van der Waals surface area contributed by atoms with Gasteiger partial charge in [-0.1, -0.05) is 30.8 Å². The van der Waals surface area contributed by atoms with E-state index in [1.807, 2.05) is 31.2 Å². The van der Waals surface area contributed by atoms with Crippen LogP contribution in [0.2, 0.25) is 0 Å². The summed E-state index contributed by atoms with van der Waals surface area (Å²) < 4.78 is 17.2. The molecule has 0 saturated carbocycles. The van der Waals surface area contributed by atoms with E-state index in [1.54, 1.807) is 24.3 Å². The highest BCUT2D eigenvalue weighted by atomic mass is 16.5. The fourth-order valence-electron chi connectivity index (χ4n) is 4.18. The van der Waals surface area contributed by atoms with Gasteiger partial charge in [-0.3, -0.25) is 9.59 Å². The molecule has 0 bridgehead atoms. The minimum Gasteiger partial charge on any atom is -0.508 e. The van der Waals surface area contributed by atoms with Crippen molar-refractivity contribution in [1.29, 1.82) is 0 Å². The molecule has 34 heavy (non-hydrogen) atoms. The zero-order valence-electron chi connectivity index (χ0n) is 18.5. The molecule has 3 aromatic carbocycles. The third kappa shape index (κ3) is 3.94. The Morgan fingerprint density at radius 2 is 1.79 bits per heavy atom. The van der Waals surface area contributed by atoms with E-state index in [2.05, 4.69) is 6.58 Å². The lowest BCUT2D eigenvalue weighted by atomic mass is 9.85. The van der Waals surface area contributed by atoms with Crippen LogP contribution in [0.25, 0.3) is 22.1 Å². The Labute approximate surface area is 195 Å². The topological polar surface area (TPSA) is 86.0 Å². The van der Waals surface area contributed by atoms with Gasteiger partial charge in [0.2, 0.25) is 5.43 Å². The Balaban J connectivity index is 1.60. The molecule has 170 valence electrons. The van der Waals surface area contributed by atoms with E-state index in [-0.39, 0.29) is 29.5 Å². The number of aromatic hydroxyl groups is 1. The molecule has 0 saturated heterocycles. The van der Waals surface area contributed by atoms with Crippen molar-refractivity contribution in [2.45, 2.75) is 19.3 Å². The summed E-state index contributed by atoms with van der Waals surface area (Å²) in [5.41, 5.74) is 3.69. The minimum absolute atomic E-state index is 0.115. The van der Waals surface area contributed by atoms with E-state index >= 15 is 0 Å². The first-order valence-corrected chi connectivity index (χ1v) is 10.9. The average molecular weight is 454 g/mol. The van der Waals surface area contributed by atoms with Crippen LogP contribution in [0.15, 0.2) is 88.3 Å². The first kappa shape index (κ1) is 21.5. The number of phenols is 1. The van der Waals surface area contributed by atoms with Gasteiger partial charge in [-0.25, -0.2) is 0 Å². The van der Waals surface area contributed by atoms with Crippen LogP contribution < -0.4 is 14.9 Å². The highest BCUT2D eigenvalue weighted by Gasteiger charge is 2.32. The standard InChI is InChI=1S/C28H22O6/c1-16(2)14-32-20-9-5-17(6-10-20)22-13-25(30)34-24-12-11-21-27(31)23(15-33-28(21)26(22)24)18-3-7-19(29)8-4-18/h3-12,15,22,29H,1,13-14H2,2H3/t22-/m1/s1. The average Bonchev–Trinajstić information content (AvgIpc) is 2.83. The molecule has 0 spiro atoms. The lowest BCUT2D eigenvalue weighted by Gasteiger charge is -2.25. The van der Waals surface area contributed by atoms with Crippen LogP contribution >= 0.6 is 0 Å². The normalized spacial score (nSPS) is 15.0. The van der Waals surface area contributed by atoms with E-state index in [9.17, 15) is 14.7 Å². The largest absolute Gasteiger partial charge is 0.508 e. The van der Waals surface area contributed by atoms with Crippen LogP contribution in [0.4, 0.5) is 0 Å². The molecule has 1 N–H and O–H groups in total. The number of hydrogen-bond donors (Lipinski definition) is 1.